The zero-order chi connectivity index (χ0) is 23.3. The van der Waals surface area contributed by atoms with Gasteiger partial charge < -0.3 is 20.0 Å². The Morgan fingerprint density at radius 2 is 1.03 bits per heavy atom. The molecule has 2 N–H and O–H groups in total. The van der Waals surface area contributed by atoms with E-state index in [0.29, 0.717) is 48.7 Å². The minimum atomic E-state index is -0.646. The minimum Gasteiger partial charge on any atom is -0.501 e. The number of aromatic hydroxyl groups is 2. The number of hydrogen-bond acceptors (Lipinski definition) is 8. The maximum Gasteiger partial charge on any atom is 0.313 e. The predicted molar refractivity (Wildman–Crippen MR) is 119 cm³/mol. The van der Waals surface area contributed by atoms with Gasteiger partial charge in [0, 0.05) is 38.3 Å². The van der Waals surface area contributed by atoms with Crippen LogP contribution >= 0.6 is 0 Å². The number of rotatable bonds is 10. The summed E-state index contributed by atoms with van der Waals surface area (Å²) in [6.45, 7) is 9.68. The lowest BCUT2D eigenvalue weighted by molar-refractivity contribution is -0.385. The number of nitrogens with zero attached hydrogens (tertiary/aromatic N) is 4. The first-order valence-corrected chi connectivity index (χ1v) is 10.2. The standard InChI is InChI=1S/C21H28N4O6/c1-5-22(6-2)16-10-14(12-18(20(16)26)24(28)29)9-15-11-17(23(7-3)8-4)21(27)19(13-15)25(30)31/h10-13,26-27H,5-9H2,1-4H3. The summed E-state index contributed by atoms with van der Waals surface area (Å²) < 4.78 is 0. The molecule has 0 spiro atoms. The topological polar surface area (TPSA) is 133 Å². The molecule has 31 heavy (non-hydrogen) atoms. The van der Waals surface area contributed by atoms with Crippen molar-refractivity contribution in [1.82, 2.24) is 0 Å². The van der Waals surface area contributed by atoms with E-state index in [0.717, 1.165) is 0 Å². The smallest absolute Gasteiger partial charge is 0.313 e. The van der Waals surface area contributed by atoms with Crippen molar-refractivity contribution in [2.24, 2.45) is 0 Å². The third kappa shape index (κ3) is 4.96. The van der Waals surface area contributed by atoms with Crippen LogP contribution in [-0.2, 0) is 6.42 Å². The van der Waals surface area contributed by atoms with E-state index in [9.17, 15) is 30.4 Å². The molecule has 0 radical (unpaired) electrons. The normalized spacial score (nSPS) is 10.7. The summed E-state index contributed by atoms with van der Waals surface area (Å²) in [4.78, 5) is 25.3. The zero-order valence-electron chi connectivity index (χ0n) is 18.2. The lowest BCUT2D eigenvalue weighted by atomic mass is 10.0. The summed E-state index contributed by atoms with van der Waals surface area (Å²) in [5.74, 6) is -0.809. The van der Waals surface area contributed by atoms with Crippen LogP contribution in [0.4, 0.5) is 22.7 Å². The molecule has 10 heteroatoms. The van der Waals surface area contributed by atoms with Gasteiger partial charge in [0.1, 0.15) is 0 Å². The van der Waals surface area contributed by atoms with E-state index < -0.39 is 32.7 Å². The Balaban J connectivity index is 2.64. The van der Waals surface area contributed by atoms with Gasteiger partial charge in [-0.25, -0.2) is 0 Å². The third-order valence-electron chi connectivity index (χ3n) is 5.27. The van der Waals surface area contributed by atoms with Crippen molar-refractivity contribution >= 4 is 22.7 Å². The Morgan fingerprint density at radius 1 is 0.710 bits per heavy atom. The summed E-state index contributed by atoms with van der Waals surface area (Å²) in [6.07, 6.45) is 0.158. The molecule has 0 bridgehead atoms. The highest BCUT2D eigenvalue weighted by atomic mass is 16.6. The monoisotopic (exact) mass is 432 g/mol. The lowest BCUT2D eigenvalue weighted by Gasteiger charge is -2.23. The fourth-order valence-corrected chi connectivity index (χ4v) is 3.65. The van der Waals surface area contributed by atoms with Gasteiger partial charge in [-0.3, -0.25) is 20.2 Å². The molecule has 0 heterocycles. The van der Waals surface area contributed by atoms with Gasteiger partial charge in [-0.05, 0) is 57.4 Å². The van der Waals surface area contributed by atoms with Crippen LogP contribution in [0.2, 0.25) is 0 Å². The maximum atomic E-state index is 11.5. The molecule has 0 atom stereocenters. The van der Waals surface area contributed by atoms with Crippen molar-refractivity contribution in [2.75, 3.05) is 36.0 Å². The Labute approximate surface area is 180 Å². The predicted octanol–water partition coefficient (Wildman–Crippen LogP) is 4.20. The van der Waals surface area contributed by atoms with Crippen molar-refractivity contribution < 1.29 is 20.1 Å². The molecule has 0 aliphatic carbocycles. The molecule has 2 aromatic carbocycles. The maximum absolute atomic E-state index is 11.5. The van der Waals surface area contributed by atoms with Crippen molar-refractivity contribution in [3.05, 3.63) is 55.6 Å². The molecule has 2 aromatic rings. The van der Waals surface area contributed by atoms with Gasteiger partial charge in [-0.1, -0.05) is 0 Å². The minimum absolute atomic E-state index is 0.158. The number of benzene rings is 2. The highest BCUT2D eigenvalue weighted by molar-refractivity contribution is 5.71. The van der Waals surface area contributed by atoms with Crippen LogP contribution in [0.3, 0.4) is 0 Å². The first-order chi connectivity index (χ1) is 14.7. The SMILES string of the molecule is CCN(CC)c1cc(Cc2cc(N(CC)CC)c(O)c([N+](=O)[O-])c2)cc([N+](=O)[O-])c1O. The summed E-state index contributed by atoms with van der Waals surface area (Å²) in [5.41, 5.74) is 0.889. The summed E-state index contributed by atoms with van der Waals surface area (Å²) >= 11 is 0. The fraction of sp³-hybridized carbons (Fsp3) is 0.429. The van der Waals surface area contributed by atoms with Gasteiger partial charge in [0.05, 0.1) is 21.2 Å². The van der Waals surface area contributed by atoms with Crippen LogP contribution in [0.15, 0.2) is 24.3 Å². The summed E-state index contributed by atoms with van der Waals surface area (Å²) in [5, 5.41) is 43.8. The van der Waals surface area contributed by atoms with Crippen LogP contribution in [0.1, 0.15) is 38.8 Å². The molecule has 0 aliphatic heterocycles. The second-order valence-corrected chi connectivity index (χ2v) is 7.00. The number of phenolic OH excluding ortho intramolecular Hbond substituents is 2. The quantitative estimate of drug-likeness (QED) is 0.421. The number of nitro groups is 2. The van der Waals surface area contributed by atoms with Crippen molar-refractivity contribution in [3.63, 3.8) is 0 Å². The van der Waals surface area contributed by atoms with E-state index >= 15 is 0 Å². The van der Waals surface area contributed by atoms with Crippen LogP contribution in [0.25, 0.3) is 0 Å². The van der Waals surface area contributed by atoms with Crippen molar-refractivity contribution in [3.8, 4) is 11.5 Å². The van der Waals surface area contributed by atoms with Gasteiger partial charge in [0.25, 0.3) is 0 Å². The Hall–Kier alpha value is -3.56. The van der Waals surface area contributed by atoms with E-state index in [4.69, 9.17) is 0 Å². The van der Waals surface area contributed by atoms with Gasteiger partial charge in [-0.15, -0.1) is 0 Å². The molecule has 0 unspecified atom stereocenters. The van der Waals surface area contributed by atoms with E-state index in [2.05, 4.69) is 0 Å². The molecular formula is C21H28N4O6. The zero-order valence-corrected chi connectivity index (χ0v) is 18.2. The van der Waals surface area contributed by atoms with Gasteiger partial charge >= 0.3 is 11.4 Å². The molecule has 0 saturated carbocycles. The first-order valence-electron chi connectivity index (χ1n) is 10.2. The number of nitro benzene ring substituents is 2. The van der Waals surface area contributed by atoms with Gasteiger partial charge in [0.2, 0.25) is 11.5 Å². The van der Waals surface area contributed by atoms with E-state index in [1.54, 1.807) is 21.9 Å². The number of phenols is 2. The number of hydrogen-bond donors (Lipinski definition) is 2. The van der Waals surface area contributed by atoms with Crippen LogP contribution in [0, 0.1) is 20.2 Å². The first kappa shape index (κ1) is 23.7. The Bertz CT molecular complexity index is 893. The lowest BCUT2D eigenvalue weighted by Crippen LogP contribution is -2.22. The molecule has 0 saturated heterocycles. The average molecular weight is 432 g/mol. The molecule has 2 rings (SSSR count). The molecular weight excluding hydrogens is 404 g/mol. The second kappa shape index (κ2) is 9.96. The van der Waals surface area contributed by atoms with E-state index in [1.807, 2.05) is 27.7 Å². The molecule has 0 aromatic heterocycles. The average Bonchev–Trinajstić information content (AvgIpc) is 2.73. The molecule has 0 fully saturated rings. The van der Waals surface area contributed by atoms with Crippen LogP contribution < -0.4 is 9.80 Å². The highest BCUT2D eigenvalue weighted by Crippen LogP contribution is 2.41. The fourth-order valence-electron chi connectivity index (χ4n) is 3.65. The third-order valence-corrected chi connectivity index (χ3v) is 5.27. The van der Waals surface area contributed by atoms with Gasteiger partial charge in [0.15, 0.2) is 0 Å². The molecule has 0 amide bonds. The van der Waals surface area contributed by atoms with Crippen LogP contribution in [-0.4, -0.2) is 46.2 Å². The molecule has 168 valence electrons. The summed E-state index contributed by atoms with van der Waals surface area (Å²) in [7, 11) is 0. The van der Waals surface area contributed by atoms with Gasteiger partial charge in [-0.2, -0.15) is 0 Å². The highest BCUT2D eigenvalue weighted by Gasteiger charge is 2.24. The van der Waals surface area contributed by atoms with E-state index in [-0.39, 0.29) is 6.42 Å². The molecule has 0 aliphatic rings. The van der Waals surface area contributed by atoms with Crippen molar-refractivity contribution in [2.45, 2.75) is 34.1 Å². The van der Waals surface area contributed by atoms with Crippen molar-refractivity contribution in [1.29, 1.82) is 0 Å². The Kier molecular flexibility index (Phi) is 7.62. The number of anilines is 2. The Morgan fingerprint density at radius 3 is 1.29 bits per heavy atom. The second-order valence-electron chi connectivity index (χ2n) is 7.00. The van der Waals surface area contributed by atoms with Crippen LogP contribution in [0.5, 0.6) is 11.5 Å². The molecule has 10 nitrogen and oxygen atoms in total. The largest absolute Gasteiger partial charge is 0.501 e. The van der Waals surface area contributed by atoms with E-state index in [1.165, 1.54) is 12.1 Å². The summed E-state index contributed by atoms with van der Waals surface area (Å²) in [6, 6.07) is 5.87.